The summed E-state index contributed by atoms with van der Waals surface area (Å²) in [6.45, 7) is 2.65. The van der Waals surface area contributed by atoms with Crippen LogP contribution in [0.4, 0.5) is 0 Å². The lowest BCUT2D eigenvalue weighted by atomic mass is 10.1. The van der Waals surface area contributed by atoms with Gasteiger partial charge in [0.25, 0.3) is 0 Å². The van der Waals surface area contributed by atoms with Crippen LogP contribution in [0, 0.1) is 0 Å². The minimum atomic E-state index is -0.278. The first-order valence-corrected chi connectivity index (χ1v) is 4.90. The molecule has 0 aromatic heterocycles. The highest BCUT2D eigenvalue weighted by Crippen LogP contribution is 2.19. The van der Waals surface area contributed by atoms with Crippen LogP contribution in [0.2, 0.25) is 0 Å². The van der Waals surface area contributed by atoms with Crippen LogP contribution in [0.5, 0.6) is 0 Å². The molecule has 1 rings (SSSR count). The standard InChI is InChI=1S/C11H16O3/c1-3-4-6-9(11(12)13-2)10-7-5-8-14-10/h5,7H,3-4,6,8H2,1-2H3/b10-9+. The van der Waals surface area contributed by atoms with Gasteiger partial charge in [0, 0.05) is 0 Å². The van der Waals surface area contributed by atoms with E-state index in [1.54, 1.807) is 0 Å². The van der Waals surface area contributed by atoms with Gasteiger partial charge in [-0.25, -0.2) is 4.79 Å². The van der Waals surface area contributed by atoms with E-state index in [9.17, 15) is 4.79 Å². The number of carbonyl (C=O) groups excluding carboxylic acids is 1. The fraction of sp³-hybridized carbons (Fsp3) is 0.545. The van der Waals surface area contributed by atoms with Crippen molar-refractivity contribution in [3.8, 4) is 0 Å². The first-order chi connectivity index (χ1) is 6.79. The quantitative estimate of drug-likeness (QED) is 0.510. The van der Waals surface area contributed by atoms with Crippen molar-refractivity contribution < 1.29 is 14.3 Å². The average molecular weight is 196 g/mol. The monoisotopic (exact) mass is 196 g/mol. The predicted molar refractivity (Wildman–Crippen MR) is 53.7 cm³/mol. The molecule has 0 spiro atoms. The first kappa shape index (κ1) is 10.8. The number of methoxy groups -OCH3 is 1. The third-order valence-corrected chi connectivity index (χ3v) is 2.11. The summed E-state index contributed by atoms with van der Waals surface area (Å²) in [4.78, 5) is 11.4. The second-order valence-corrected chi connectivity index (χ2v) is 3.15. The third kappa shape index (κ3) is 2.62. The molecule has 3 nitrogen and oxygen atoms in total. The van der Waals surface area contributed by atoms with Crippen LogP contribution in [0.15, 0.2) is 23.5 Å². The third-order valence-electron chi connectivity index (χ3n) is 2.11. The maximum absolute atomic E-state index is 11.4. The number of allylic oxidation sites excluding steroid dienone is 1. The summed E-state index contributed by atoms with van der Waals surface area (Å²) in [5, 5.41) is 0. The van der Waals surface area contributed by atoms with E-state index in [4.69, 9.17) is 9.47 Å². The van der Waals surface area contributed by atoms with Gasteiger partial charge in [-0.3, -0.25) is 0 Å². The van der Waals surface area contributed by atoms with Crippen LogP contribution in [0.1, 0.15) is 26.2 Å². The van der Waals surface area contributed by atoms with Crippen LogP contribution in [0.25, 0.3) is 0 Å². The van der Waals surface area contributed by atoms with Gasteiger partial charge in [-0.05, 0) is 25.0 Å². The van der Waals surface area contributed by atoms with E-state index in [0.717, 1.165) is 19.3 Å². The molecule has 1 aliphatic rings. The van der Waals surface area contributed by atoms with Crippen molar-refractivity contribution in [3.63, 3.8) is 0 Å². The molecule has 0 saturated carbocycles. The Labute approximate surface area is 84.4 Å². The van der Waals surface area contributed by atoms with Crippen molar-refractivity contribution in [1.29, 1.82) is 0 Å². The van der Waals surface area contributed by atoms with Crippen molar-refractivity contribution >= 4 is 5.97 Å². The zero-order valence-electron chi connectivity index (χ0n) is 8.71. The number of unbranched alkanes of at least 4 members (excludes halogenated alkanes) is 1. The van der Waals surface area contributed by atoms with Gasteiger partial charge in [0.2, 0.25) is 0 Å². The van der Waals surface area contributed by atoms with Crippen molar-refractivity contribution in [3.05, 3.63) is 23.5 Å². The molecule has 0 amide bonds. The SMILES string of the molecule is CCCC/C(C(=O)OC)=C1/C=CCO1. The largest absolute Gasteiger partial charge is 0.489 e. The summed E-state index contributed by atoms with van der Waals surface area (Å²) in [6.07, 6.45) is 6.48. The molecule has 1 aliphatic heterocycles. The minimum absolute atomic E-state index is 0.278. The van der Waals surface area contributed by atoms with E-state index in [-0.39, 0.29) is 5.97 Å². The highest BCUT2D eigenvalue weighted by molar-refractivity contribution is 5.89. The lowest BCUT2D eigenvalue weighted by Gasteiger charge is -2.07. The lowest BCUT2D eigenvalue weighted by Crippen LogP contribution is -2.08. The van der Waals surface area contributed by atoms with Crippen LogP contribution in [0.3, 0.4) is 0 Å². The Hall–Kier alpha value is -1.25. The van der Waals surface area contributed by atoms with Crippen molar-refractivity contribution in [1.82, 2.24) is 0 Å². The molecule has 0 atom stereocenters. The summed E-state index contributed by atoms with van der Waals surface area (Å²) in [7, 11) is 1.40. The number of esters is 1. The summed E-state index contributed by atoms with van der Waals surface area (Å²) in [6, 6.07) is 0. The molecule has 0 aromatic rings. The molecule has 0 fully saturated rings. The smallest absolute Gasteiger partial charge is 0.337 e. The van der Waals surface area contributed by atoms with E-state index >= 15 is 0 Å². The Morgan fingerprint density at radius 1 is 1.64 bits per heavy atom. The summed E-state index contributed by atoms with van der Waals surface area (Å²) >= 11 is 0. The van der Waals surface area contributed by atoms with Gasteiger partial charge in [0.1, 0.15) is 12.4 Å². The fourth-order valence-electron chi connectivity index (χ4n) is 1.33. The van der Waals surface area contributed by atoms with Crippen molar-refractivity contribution in [2.24, 2.45) is 0 Å². The van der Waals surface area contributed by atoms with E-state index in [0.29, 0.717) is 17.9 Å². The molecule has 0 saturated heterocycles. The van der Waals surface area contributed by atoms with Gasteiger partial charge in [0.15, 0.2) is 0 Å². The Balaban J connectivity index is 2.75. The van der Waals surface area contributed by atoms with Crippen LogP contribution in [-0.2, 0) is 14.3 Å². The van der Waals surface area contributed by atoms with E-state index < -0.39 is 0 Å². The molecule has 0 aromatic carbocycles. The topological polar surface area (TPSA) is 35.5 Å². The second kappa shape index (κ2) is 5.47. The zero-order chi connectivity index (χ0) is 10.4. The van der Waals surface area contributed by atoms with Gasteiger partial charge in [0.05, 0.1) is 12.7 Å². The van der Waals surface area contributed by atoms with Gasteiger partial charge in [-0.15, -0.1) is 0 Å². The number of ether oxygens (including phenoxy) is 2. The van der Waals surface area contributed by atoms with E-state index in [1.165, 1.54) is 7.11 Å². The maximum Gasteiger partial charge on any atom is 0.337 e. The second-order valence-electron chi connectivity index (χ2n) is 3.15. The predicted octanol–water partition coefficient (Wildman–Crippen LogP) is 2.19. The zero-order valence-corrected chi connectivity index (χ0v) is 8.71. The average Bonchev–Trinajstić information content (AvgIpc) is 2.71. The van der Waals surface area contributed by atoms with E-state index in [1.807, 2.05) is 12.2 Å². The van der Waals surface area contributed by atoms with Gasteiger partial charge in [-0.2, -0.15) is 0 Å². The normalized spacial score (nSPS) is 17.9. The van der Waals surface area contributed by atoms with Gasteiger partial charge in [-0.1, -0.05) is 13.3 Å². The Kier molecular flexibility index (Phi) is 4.23. The summed E-state index contributed by atoms with van der Waals surface area (Å²) in [5.74, 6) is 0.394. The Morgan fingerprint density at radius 3 is 2.93 bits per heavy atom. The van der Waals surface area contributed by atoms with Crippen LogP contribution < -0.4 is 0 Å². The summed E-state index contributed by atoms with van der Waals surface area (Å²) in [5.41, 5.74) is 0.656. The first-order valence-electron chi connectivity index (χ1n) is 4.90. The molecular formula is C11H16O3. The Morgan fingerprint density at radius 2 is 2.43 bits per heavy atom. The maximum atomic E-state index is 11.4. The highest BCUT2D eigenvalue weighted by atomic mass is 16.5. The minimum Gasteiger partial charge on any atom is -0.489 e. The Bertz CT molecular complexity index is 264. The number of carbonyl (C=O) groups is 1. The molecule has 0 radical (unpaired) electrons. The molecule has 0 N–H and O–H groups in total. The molecule has 0 aliphatic carbocycles. The molecule has 0 unspecified atom stereocenters. The molecular weight excluding hydrogens is 180 g/mol. The van der Waals surface area contributed by atoms with Gasteiger partial charge >= 0.3 is 5.97 Å². The van der Waals surface area contributed by atoms with Crippen LogP contribution in [-0.4, -0.2) is 19.7 Å². The number of hydrogen-bond donors (Lipinski definition) is 0. The molecule has 1 heterocycles. The highest BCUT2D eigenvalue weighted by Gasteiger charge is 2.16. The fourth-order valence-corrected chi connectivity index (χ4v) is 1.33. The van der Waals surface area contributed by atoms with E-state index in [2.05, 4.69) is 6.92 Å². The lowest BCUT2D eigenvalue weighted by molar-refractivity contribution is -0.136. The molecule has 3 heteroatoms. The summed E-state index contributed by atoms with van der Waals surface area (Å²) < 4.78 is 10.0. The van der Waals surface area contributed by atoms with Gasteiger partial charge < -0.3 is 9.47 Å². The molecule has 0 bridgehead atoms. The van der Waals surface area contributed by atoms with Crippen molar-refractivity contribution in [2.75, 3.05) is 13.7 Å². The van der Waals surface area contributed by atoms with Crippen LogP contribution >= 0.6 is 0 Å². The molecule has 14 heavy (non-hydrogen) atoms. The van der Waals surface area contributed by atoms with Crippen molar-refractivity contribution in [2.45, 2.75) is 26.2 Å². The molecule has 78 valence electrons. The number of rotatable bonds is 4. The number of hydrogen-bond acceptors (Lipinski definition) is 3.